The highest BCUT2D eigenvalue weighted by molar-refractivity contribution is 6.29. The molecule has 5 heteroatoms. The summed E-state index contributed by atoms with van der Waals surface area (Å²) in [5.74, 6) is 0.331. The molecule has 0 fully saturated rings. The Hall–Kier alpha value is -1.16. The molecule has 1 aromatic rings. The average Bonchev–Trinajstić information content (AvgIpc) is 2.09. The largest absolute Gasteiger partial charge is 0.309 e. The van der Waals surface area contributed by atoms with Crippen molar-refractivity contribution in [3.05, 3.63) is 17.3 Å². The summed E-state index contributed by atoms with van der Waals surface area (Å²) in [6, 6.07) is 3.17. The second-order valence-electron chi connectivity index (χ2n) is 2.14. The number of nitrogens with one attached hydrogen (secondary N) is 1. The van der Waals surface area contributed by atoms with E-state index in [0.717, 1.165) is 0 Å². The molecule has 0 aliphatic rings. The third-order valence-electron chi connectivity index (χ3n) is 1.22. The minimum Gasteiger partial charge on any atom is -0.309 e. The summed E-state index contributed by atoms with van der Waals surface area (Å²) < 4.78 is 0. The van der Waals surface area contributed by atoms with E-state index >= 15 is 0 Å². The molecule has 0 aliphatic carbocycles. The first-order chi connectivity index (χ1) is 5.72. The normalized spacial score (nSPS) is 9.50. The van der Waals surface area contributed by atoms with Crippen LogP contribution in [0.25, 0.3) is 0 Å². The zero-order valence-electron chi connectivity index (χ0n) is 6.54. The van der Waals surface area contributed by atoms with E-state index in [1.807, 2.05) is 0 Å². The van der Waals surface area contributed by atoms with Crippen LogP contribution in [0.15, 0.2) is 12.1 Å². The highest BCUT2D eigenvalue weighted by Gasteiger charge is 1.99. The van der Waals surface area contributed by atoms with E-state index in [1.165, 1.54) is 0 Å². The summed E-state index contributed by atoms with van der Waals surface area (Å²) in [5.41, 5.74) is 0. The number of anilines is 1. The lowest BCUT2D eigenvalue weighted by Crippen LogP contribution is -2.10. The molecule has 1 N–H and O–H groups in total. The maximum Gasteiger partial charge on any atom is 0.225 e. The molecular weight excluding hydrogens is 178 g/mol. The molecule has 1 aromatic heterocycles. The minimum absolute atomic E-state index is 0.0911. The van der Waals surface area contributed by atoms with Crippen molar-refractivity contribution in [1.29, 1.82) is 0 Å². The van der Waals surface area contributed by atoms with Crippen LogP contribution in [0.4, 0.5) is 5.82 Å². The summed E-state index contributed by atoms with van der Waals surface area (Å²) in [5, 5.41) is 10.1. The standard InChI is InChI=1S/C7H8ClN3O/c1-2-7(12)9-6-4-3-5(8)10-11-6/h3-4H,2H2,1H3,(H,9,11,12). The third-order valence-corrected chi connectivity index (χ3v) is 1.42. The van der Waals surface area contributed by atoms with E-state index in [9.17, 15) is 4.79 Å². The molecule has 1 amide bonds. The third kappa shape index (κ3) is 2.47. The van der Waals surface area contributed by atoms with E-state index in [1.54, 1.807) is 19.1 Å². The highest BCUT2D eigenvalue weighted by atomic mass is 35.5. The number of rotatable bonds is 2. The van der Waals surface area contributed by atoms with Gasteiger partial charge in [0.1, 0.15) is 0 Å². The summed E-state index contributed by atoms with van der Waals surface area (Å²) in [7, 11) is 0. The van der Waals surface area contributed by atoms with Gasteiger partial charge in [0.2, 0.25) is 5.91 Å². The smallest absolute Gasteiger partial charge is 0.225 e. The fraction of sp³-hybridized carbons (Fsp3) is 0.286. The number of aromatic nitrogens is 2. The predicted octanol–water partition coefficient (Wildman–Crippen LogP) is 1.48. The number of hydrogen-bond acceptors (Lipinski definition) is 3. The van der Waals surface area contributed by atoms with E-state index in [2.05, 4.69) is 15.5 Å². The quantitative estimate of drug-likeness (QED) is 0.760. The van der Waals surface area contributed by atoms with Gasteiger partial charge in [-0.15, -0.1) is 10.2 Å². The zero-order valence-corrected chi connectivity index (χ0v) is 7.30. The maximum absolute atomic E-state index is 10.9. The highest BCUT2D eigenvalue weighted by Crippen LogP contribution is 2.05. The van der Waals surface area contributed by atoms with Crippen LogP contribution in [-0.4, -0.2) is 16.1 Å². The van der Waals surface area contributed by atoms with Crippen molar-refractivity contribution in [2.24, 2.45) is 0 Å². The van der Waals surface area contributed by atoms with Crippen LogP contribution < -0.4 is 5.32 Å². The van der Waals surface area contributed by atoms with Crippen LogP contribution in [0.1, 0.15) is 13.3 Å². The first kappa shape index (κ1) is 8.93. The second kappa shape index (κ2) is 4.01. The first-order valence-corrected chi connectivity index (χ1v) is 3.89. The summed E-state index contributed by atoms with van der Waals surface area (Å²) >= 11 is 5.50. The molecule has 0 spiro atoms. The summed E-state index contributed by atoms with van der Waals surface area (Å²) in [6.07, 6.45) is 0.421. The molecule has 0 bridgehead atoms. The van der Waals surface area contributed by atoms with E-state index in [0.29, 0.717) is 17.4 Å². The van der Waals surface area contributed by atoms with E-state index in [4.69, 9.17) is 11.6 Å². The number of hydrogen-bond donors (Lipinski definition) is 1. The number of carbonyl (C=O) groups excluding carboxylic acids is 1. The first-order valence-electron chi connectivity index (χ1n) is 3.51. The monoisotopic (exact) mass is 185 g/mol. The Balaban J connectivity index is 2.64. The molecule has 12 heavy (non-hydrogen) atoms. The van der Waals surface area contributed by atoms with Gasteiger partial charge in [0.15, 0.2) is 11.0 Å². The number of carbonyl (C=O) groups is 1. The van der Waals surface area contributed by atoms with Crippen molar-refractivity contribution in [1.82, 2.24) is 10.2 Å². The molecule has 0 saturated heterocycles. The number of amides is 1. The molecule has 4 nitrogen and oxygen atoms in total. The fourth-order valence-electron chi connectivity index (χ4n) is 0.614. The molecule has 1 rings (SSSR count). The number of nitrogens with zero attached hydrogens (tertiary/aromatic N) is 2. The van der Waals surface area contributed by atoms with Crippen molar-refractivity contribution < 1.29 is 4.79 Å². The zero-order chi connectivity index (χ0) is 8.97. The van der Waals surface area contributed by atoms with Crippen LogP contribution in [0, 0.1) is 0 Å². The molecular formula is C7H8ClN3O. The molecule has 0 atom stereocenters. The van der Waals surface area contributed by atoms with Crippen LogP contribution in [0.5, 0.6) is 0 Å². The van der Waals surface area contributed by atoms with Gasteiger partial charge in [-0.25, -0.2) is 0 Å². The second-order valence-corrected chi connectivity index (χ2v) is 2.53. The van der Waals surface area contributed by atoms with Crippen molar-refractivity contribution >= 4 is 23.3 Å². The molecule has 0 radical (unpaired) electrons. The SMILES string of the molecule is CCC(=O)Nc1ccc(Cl)nn1. The van der Waals surface area contributed by atoms with Gasteiger partial charge in [-0.1, -0.05) is 18.5 Å². The topological polar surface area (TPSA) is 54.9 Å². The Bertz CT molecular complexity index is 272. The molecule has 64 valence electrons. The molecule has 1 heterocycles. The Labute approximate surface area is 74.9 Å². The average molecular weight is 186 g/mol. The Morgan fingerprint density at radius 1 is 1.58 bits per heavy atom. The van der Waals surface area contributed by atoms with Gasteiger partial charge in [0.05, 0.1) is 0 Å². The molecule has 0 aromatic carbocycles. The maximum atomic E-state index is 10.9. The molecule has 0 aliphatic heterocycles. The van der Waals surface area contributed by atoms with Gasteiger partial charge in [-0.2, -0.15) is 0 Å². The van der Waals surface area contributed by atoms with E-state index in [-0.39, 0.29) is 5.91 Å². The van der Waals surface area contributed by atoms with Gasteiger partial charge in [-0.05, 0) is 12.1 Å². The Kier molecular flexibility index (Phi) is 2.99. The van der Waals surface area contributed by atoms with Gasteiger partial charge < -0.3 is 5.32 Å². The lowest BCUT2D eigenvalue weighted by atomic mass is 10.4. The van der Waals surface area contributed by atoms with Crippen molar-refractivity contribution in [2.45, 2.75) is 13.3 Å². The summed E-state index contributed by atoms with van der Waals surface area (Å²) in [4.78, 5) is 10.9. The predicted molar refractivity (Wildman–Crippen MR) is 46.0 cm³/mol. The van der Waals surface area contributed by atoms with Crippen molar-refractivity contribution in [3.63, 3.8) is 0 Å². The van der Waals surface area contributed by atoms with Crippen LogP contribution in [0.3, 0.4) is 0 Å². The minimum atomic E-state index is -0.0911. The van der Waals surface area contributed by atoms with Gasteiger partial charge in [0.25, 0.3) is 0 Å². The fourth-order valence-corrected chi connectivity index (χ4v) is 0.715. The van der Waals surface area contributed by atoms with Crippen molar-refractivity contribution in [2.75, 3.05) is 5.32 Å². The van der Waals surface area contributed by atoms with Crippen LogP contribution in [-0.2, 0) is 4.79 Å². The lowest BCUT2D eigenvalue weighted by Gasteiger charge is -1.99. The van der Waals surface area contributed by atoms with Crippen molar-refractivity contribution in [3.8, 4) is 0 Å². The van der Waals surface area contributed by atoms with Gasteiger partial charge >= 0.3 is 0 Å². The Morgan fingerprint density at radius 3 is 2.83 bits per heavy atom. The lowest BCUT2D eigenvalue weighted by molar-refractivity contribution is -0.115. The van der Waals surface area contributed by atoms with Crippen LogP contribution >= 0.6 is 11.6 Å². The van der Waals surface area contributed by atoms with Gasteiger partial charge in [0, 0.05) is 6.42 Å². The molecule has 0 saturated carbocycles. The number of halogens is 1. The molecule has 0 unspecified atom stereocenters. The van der Waals surface area contributed by atoms with Gasteiger partial charge in [-0.3, -0.25) is 4.79 Å². The summed E-state index contributed by atoms with van der Waals surface area (Å²) in [6.45, 7) is 1.76. The van der Waals surface area contributed by atoms with Crippen LogP contribution in [0.2, 0.25) is 5.15 Å². The van der Waals surface area contributed by atoms with E-state index < -0.39 is 0 Å². The Morgan fingerprint density at radius 2 is 2.33 bits per heavy atom.